The van der Waals surface area contributed by atoms with Crippen LogP contribution >= 0.6 is 0 Å². The zero-order valence-corrected chi connectivity index (χ0v) is 17.5. The van der Waals surface area contributed by atoms with Crippen LogP contribution in [0.2, 0.25) is 0 Å². The van der Waals surface area contributed by atoms with Gasteiger partial charge in [-0.2, -0.15) is 4.72 Å². The Kier molecular flexibility index (Phi) is 5.54. The van der Waals surface area contributed by atoms with Gasteiger partial charge in [-0.25, -0.2) is 13.4 Å². The summed E-state index contributed by atoms with van der Waals surface area (Å²) in [6, 6.07) is 24.9. The average Bonchev–Trinajstić information content (AvgIpc) is 2.78. The molecule has 0 radical (unpaired) electrons. The van der Waals surface area contributed by atoms with E-state index in [1.807, 2.05) is 60.7 Å². The van der Waals surface area contributed by atoms with Gasteiger partial charge in [0.15, 0.2) is 0 Å². The Hall–Kier alpha value is -3.55. The third-order valence-electron chi connectivity index (χ3n) is 4.96. The number of carbonyl (C=O) groups is 1. The Morgan fingerprint density at radius 1 is 0.903 bits per heavy atom. The molecule has 1 aromatic heterocycles. The number of aliphatic carboxylic acids is 1. The number of sulfonamides is 1. The molecule has 0 aliphatic carbocycles. The highest BCUT2D eigenvalue weighted by Gasteiger charge is 2.21. The minimum Gasteiger partial charge on any atom is -0.480 e. The van der Waals surface area contributed by atoms with E-state index in [4.69, 9.17) is 10.1 Å². The van der Waals surface area contributed by atoms with Gasteiger partial charge in [-0.1, -0.05) is 60.7 Å². The molecule has 156 valence electrons. The molecule has 7 heteroatoms. The molecule has 1 atom stereocenters. The summed E-state index contributed by atoms with van der Waals surface area (Å²) in [5.41, 5.74) is 4.41. The number of benzene rings is 3. The van der Waals surface area contributed by atoms with Gasteiger partial charge in [0.25, 0.3) is 0 Å². The molecular weight excluding hydrogens is 412 g/mol. The minimum absolute atomic E-state index is 0.00609. The largest absolute Gasteiger partial charge is 0.480 e. The van der Waals surface area contributed by atoms with Gasteiger partial charge in [0.1, 0.15) is 6.04 Å². The maximum Gasteiger partial charge on any atom is 0.321 e. The van der Waals surface area contributed by atoms with Crippen LogP contribution in [0.1, 0.15) is 6.92 Å². The van der Waals surface area contributed by atoms with Gasteiger partial charge in [-0.15, -0.1) is 0 Å². The molecule has 6 nitrogen and oxygen atoms in total. The van der Waals surface area contributed by atoms with Crippen molar-refractivity contribution < 1.29 is 18.3 Å². The number of para-hydroxylation sites is 1. The third-order valence-corrected chi connectivity index (χ3v) is 6.52. The van der Waals surface area contributed by atoms with Crippen LogP contribution in [0.25, 0.3) is 33.3 Å². The van der Waals surface area contributed by atoms with Crippen molar-refractivity contribution in [3.8, 4) is 22.4 Å². The predicted octanol–water partition coefficient (Wildman–Crippen LogP) is 4.32. The summed E-state index contributed by atoms with van der Waals surface area (Å²) in [7, 11) is -3.94. The summed E-state index contributed by atoms with van der Waals surface area (Å²) in [5, 5.41) is 9.99. The molecule has 3 aromatic carbocycles. The summed E-state index contributed by atoms with van der Waals surface area (Å²) in [5.74, 6) is -1.24. The van der Waals surface area contributed by atoms with E-state index in [0.717, 1.165) is 27.6 Å². The van der Waals surface area contributed by atoms with Crippen molar-refractivity contribution in [2.24, 2.45) is 0 Å². The number of fused-ring (bicyclic) bond motifs is 1. The Morgan fingerprint density at radius 2 is 1.55 bits per heavy atom. The SMILES string of the molecule is C[C@@H](NS(=O)(=O)c1ccc(-c2cc(-c3ccccc3)c3ccccc3n2)cc1)C(=O)O. The fraction of sp³-hybridized carbons (Fsp3) is 0.0833. The van der Waals surface area contributed by atoms with Crippen LogP contribution in [0.15, 0.2) is 89.8 Å². The normalized spacial score (nSPS) is 12.5. The molecule has 0 saturated heterocycles. The van der Waals surface area contributed by atoms with Gasteiger partial charge in [0, 0.05) is 10.9 Å². The van der Waals surface area contributed by atoms with Crippen LogP contribution in [0.5, 0.6) is 0 Å². The van der Waals surface area contributed by atoms with Crippen molar-refractivity contribution >= 4 is 26.9 Å². The lowest BCUT2D eigenvalue weighted by Crippen LogP contribution is -2.38. The lowest BCUT2D eigenvalue weighted by molar-refractivity contribution is -0.138. The van der Waals surface area contributed by atoms with Gasteiger partial charge >= 0.3 is 5.97 Å². The number of hydrogen-bond donors (Lipinski definition) is 2. The molecule has 0 unspecified atom stereocenters. The van der Waals surface area contributed by atoms with E-state index in [1.54, 1.807) is 12.1 Å². The van der Waals surface area contributed by atoms with Crippen LogP contribution in [0.4, 0.5) is 0 Å². The first-order chi connectivity index (χ1) is 14.8. The molecule has 2 N–H and O–H groups in total. The third kappa shape index (κ3) is 4.33. The van der Waals surface area contributed by atoms with E-state index in [0.29, 0.717) is 5.69 Å². The predicted molar refractivity (Wildman–Crippen MR) is 120 cm³/mol. The van der Waals surface area contributed by atoms with Gasteiger partial charge < -0.3 is 5.11 Å². The van der Waals surface area contributed by atoms with Gasteiger partial charge in [0.2, 0.25) is 10.0 Å². The highest BCUT2D eigenvalue weighted by molar-refractivity contribution is 7.89. The van der Waals surface area contributed by atoms with E-state index < -0.39 is 22.0 Å². The minimum atomic E-state index is -3.94. The number of carboxylic acids is 1. The zero-order chi connectivity index (χ0) is 22.0. The molecule has 4 aromatic rings. The topological polar surface area (TPSA) is 96.4 Å². The number of carboxylic acid groups (broad SMARTS) is 1. The smallest absolute Gasteiger partial charge is 0.321 e. The van der Waals surface area contributed by atoms with Gasteiger partial charge in [-0.3, -0.25) is 4.79 Å². The molecule has 0 aliphatic heterocycles. The van der Waals surface area contributed by atoms with Crippen molar-refractivity contribution in [1.29, 1.82) is 0 Å². The number of aromatic nitrogens is 1. The summed E-state index contributed by atoms with van der Waals surface area (Å²) < 4.78 is 27.0. The number of pyridine rings is 1. The molecule has 0 amide bonds. The van der Waals surface area contributed by atoms with Crippen molar-refractivity contribution in [3.05, 3.63) is 84.9 Å². The number of nitrogens with one attached hydrogen (secondary N) is 1. The quantitative estimate of drug-likeness (QED) is 0.473. The highest BCUT2D eigenvalue weighted by atomic mass is 32.2. The van der Waals surface area contributed by atoms with E-state index in [2.05, 4.69) is 4.72 Å². The maximum absolute atomic E-state index is 12.4. The van der Waals surface area contributed by atoms with Crippen LogP contribution < -0.4 is 4.72 Å². The Morgan fingerprint density at radius 3 is 2.23 bits per heavy atom. The fourth-order valence-electron chi connectivity index (χ4n) is 3.34. The van der Waals surface area contributed by atoms with Crippen LogP contribution in [0, 0.1) is 0 Å². The molecule has 0 spiro atoms. The maximum atomic E-state index is 12.4. The molecule has 0 aliphatic rings. The number of nitrogens with zero attached hydrogens (tertiary/aromatic N) is 1. The van der Waals surface area contributed by atoms with E-state index in [-0.39, 0.29) is 4.90 Å². The Bertz CT molecular complexity index is 1350. The Balaban J connectivity index is 1.75. The highest BCUT2D eigenvalue weighted by Crippen LogP contribution is 2.32. The lowest BCUT2D eigenvalue weighted by Gasteiger charge is -2.12. The van der Waals surface area contributed by atoms with Crippen molar-refractivity contribution in [1.82, 2.24) is 9.71 Å². The molecule has 31 heavy (non-hydrogen) atoms. The molecule has 1 heterocycles. The Labute approximate surface area is 180 Å². The summed E-state index contributed by atoms with van der Waals surface area (Å²) in [6.07, 6.45) is 0. The first-order valence-electron chi connectivity index (χ1n) is 9.66. The van der Waals surface area contributed by atoms with Crippen molar-refractivity contribution in [2.75, 3.05) is 0 Å². The van der Waals surface area contributed by atoms with E-state index in [9.17, 15) is 13.2 Å². The first-order valence-corrected chi connectivity index (χ1v) is 11.1. The number of hydrogen-bond acceptors (Lipinski definition) is 4. The van der Waals surface area contributed by atoms with Crippen LogP contribution in [-0.4, -0.2) is 30.5 Å². The second kappa shape index (κ2) is 8.29. The lowest BCUT2D eigenvalue weighted by atomic mass is 9.98. The fourth-order valence-corrected chi connectivity index (χ4v) is 4.53. The van der Waals surface area contributed by atoms with Crippen LogP contribution in [0.3, 0.4) is 0 Å². The number of rotatable bonds is 6. The standard InChI is InChI=1S/C24H20N2O4S/c1-16(24(27)28)26-31(29,30)19-13-11-18(12-14-19)23-15-21(17-7-3-2-4-8-17)20-9-5-6-10-22(20)25-23/h2-16,26H,1H3,(H,27,28)/t16-/m1/s1. The van der Waals surface area contributed by atoms with E-state index >= 15 is 0 Å². The molecule has 0 bridgehead atoms. The summed E-state index contributed by atoms with van der Waals surface area (Å²) in [4.78, 5) is 15.7. The molecular formula is C24H20N2O4S. The van der Waals surface area contributed by atoms with Crippen molar-refractivity contribution in [2.45, 2.75) is 17.9 Å². The molecule has 0 saturated carbocycles. The molecule has 0 fully saturated rings. The van der Waals surface area contributed by atoms with Gasteiger partial charge in [0.05, 0.1) is 16.1 Å². The zero-order valence-electron chi connectivity index (χ0n) is 16.7. The second-order valence-corrected chi connectivity index (χ2v) is 8.86. The second-order valence-electron chi connectivity index (χ2n) is 7.14. The van der Waals surface area contributed by atoms with Crippen LogP contribution in [-0.2, 0) is 14.8 Å². The van der Waals surface area contributed by atoms with Crippen molar-refractivity contribution in [3.63, 3.8) is 0 Å². The summed E-state index contributed by atoms with van der Waals surface area (Å²) >= 11 is 0. The summed E-state index contributed by atoms with van der Waals surface area (Å²) in [6.45, 7) is 1.28. The average molecular weight is 433 g/mol. The van der Waals surface area contributed by atoms with E-state index in [1.165, 1.54) is 19.1 Å². The van der Waals surface area contributed by atoms with Gasteiger partial charge in [-0.05, 0) is 42.3 Å². The monoisotopic (exact) mass is 432 g/mol. The molecule has 4 rings (SSSR count). The first kappa shape index (κ1) is 20.7.